The first-order valence-electron chi connectivity index (χ1n) is 4.38. The molecule has 1 N–H and O–H groups in total. The van der Waals surface area contributed by atoms with Crippen molar-refractivity contribution in [3.8, 4) is 0 Å². The predicted molar refractivity (Wildman–Crippen MR) is 59.0 cm³/mol. The number of nitro groups is 1. The Morgan fingerprint density at radius 3 is 2.65 bits per heavy atom. The van der Waals surface area contributed by atoms with Crippen LogP contribution in [0.15, 0.2) is 23.1 Å². The van der Waals surface area contributed by atoms with E-state index in [1.165, 1.54) is 0 Å². The quantitative estimate of drug-likeness (QED) is 0.500. The second-order valence-electron chi connectivity index (χ2n) is 2.96. The minimum Gasteiger partial charge on any atom is -0.258 e. The standard InChI is InChI=1S/C8H8ClFN2O4S/c9-3-4-11-17(15,16)8-5-6(12(13)14)1-2-7(8)10/h1-2,5,11H,3-4H2. The second kappa shape index (κ2) is 5.39. The molecule has 0 amide bonds. The maximum atomic E-state index is 13.3. The van der Waals surface area contributed by atoms with Gasteiger partial charge in [-0.3, -0.25) is 10.1 Å². The lowest BCUT2D eigenvalue weighted by Gasteiger charge is -2.05. The molecule has 0 aliphatic heterocycles. The van der Waals surface area contributed by atoms with Gasteiger partial charge in [0.15, 0.2) is 0 Å². The van der Waals surface area contributed by atoms with Gasteiger partial charge in [-0.1, -0.05) is 0 Å². The maximum Gasteiger partial charge on any atom is 0.270 e. The molecule has 1 aromatic carbocycles. The molecule has 0 aliphatic rings. The van der Waals surface area contributed by atoms with Crippen molar-refractivity contribution in [2.45, 2.75) is 4.90 Å². The van der Waals surface area contributed by atoms with E-state index < -0.39 is 31.3 Å². The van der Waals surface area contributed by atoms with Crippen LogP contribution in [0.1, 0.15) is 0 Å². The van der Waals surface area contributed by atoms with E-state index in [0.29, 0.717) is 6.07 Å². The molecule has 94 valence electrons. The fourth-order valence-electron chi connectivity index (χ4n) is 1.06. The first kappa shape index (κ1) is 13.8. The smallest absolute Gasteiger partial charge is 0.258 e. The highest BCUT2D eigenvalue weighted by molar-refractivity contribution is 7.89. The third-order valence-electron chi connectivity index (χ3n) is 1.80. The normalized spacial score (nSPS) is 11.4. The summed E-state index contributed by atoms with van der Waals surface area (Å²) in [5.41, 5.74) is -0.502. The van der Waals surface area contributed by atoms with Crippen molar-refractivity contribution in [3.63, 3.8) is 0 Å². The zero-order valence-electron chi connectivity index (χ0n) is 8.39. The molecule has 0 saturated heterocycles. The first-order chi connectivity index (χ1) is 7.88. The Bertz CT molecular complexity index is 534. The van der Waals surface area contributed by atoms with Gasteiger partial charge in [0.2, 0.25) is 10.0 Å². The molecule has 0 heterocycles. The van der Waals surface area contributed by atoms with E-state index >= 15 is 0 Å². The lowest BCUT2D eigenvalue weighted by Crippen LogP contribution is -2.26. The molecule has 1 aromatic rings. The van der Waals surface area contributed by atoms with Crippen LogP contribution in [0.25, 0.3) is 0 Å². The van der Waals surface area contributed by atoms with Crippen LogP contribution in [-0.4, -0.2) is 25.8 Å². The van der Waals surface area contributed by atoms with Crippen LogP contribution in [0.4, 0.5) is 10.1 Å². The molecular weight excluding hydrogens is 275 g/mol. The van der Waals surface area contributed by atoms with Crippen LogP contribution in [-0.2, 0) is 10.0 Å². The molecule has 0 spiro atoms. The maximum absolute atomic E-state index is 13.3. The van der Waals surface area contributed by atoms with Crippen molar-refractivity contribution in [1.82, 2.24) is 4.72 Å². The largest absolute Gasteiger partial charge is 0.270 e. The lowest BCUT2D eigenvalue weighted by molar-refractivity contribution is -0.385. The molecular formula is C8H8ClFN2O4S. The Labute approximate surface area is 102 Å². The highest BCUT2D eigenvalue weighted by Gasteiger charge is 2.21. The van der Waals surface area contributed by atoms with E-state index in [1.807, 2.05) is 4.72 Å². The number of hydrogen-bond acceptors (Lipinski definition) is 4. The number of alkyl halides is 1. The van der Waals surface area contributed by atoms with Crippen LogP contribution in [0.3, 0.4) is 0 Å². The van der Waals surface area contributed by atoms with Crippen molar-refractivity contribution >= 4 is 27.3 Å². The van der Waals surface area contributed by atoms with Gasteiger partial charge in [0.25, 0.3) is 5.69 Å². The van der Waals surface area contributed by atoms with Gasteiger partial charge in [-0.2, -0.15) is 0 Å². The minimum absolute atomic E-state index is 0.00970. The third kappa shape index (κ3) is 3.35. The monoisotopic (exact) mass is 282 g/mol. The molecule has 0 bridgehead atoms. The van der Waals surface area contributed by atoms with Crippen LogP contribution in [0.5, 0.6) is 0 Å². The van der Waals surface area contributed by atoms with Gasteiger partial charge in [0.05, 0.1) is 4.92 Å². The van der Waals surface area contributed by atoms with Gasteiger partial charge >= 0.3 is 0 Å². The van der Waals surface area contributed by atoms with E-state index in [0.717, 1.165) is 12.1 Å². The van der Waals surface area contributed by atoms with Crippen molar-refractivity contribution in [2.75, 3.05) is 12.4 Å². The number of halogens is 2. The Morgan fingerprint density at radius 2 is 2.12 bits per heavy atom. The van der Waals surface area contributed by atoms with E-state index in [2.05, 4.69) is 0 Å². The number of nitrogens with zero attached hydrogens (tertiary/aromatic N) is 1. The highest BCUT2D eigenvalue weighted by Crippen LogP contribution is 2.20. The van der Waals surface area contributed by atoms with Crippen molar-refractivity contribution < 1.29 is 17.7 Å². The number of hydrogen-bond donors (Lipinski definition) is 1. The molecule has 0 atom stereocenters. The van der Waals surface area contributed by atoms with Crippen LogP contribution in [0, 0.1) is 15.9 Å². The molecule has 0 aliphatic carbocycles. The van der Waals surface area contributed by atoms with Gasteiger partial charge in [-0.25, -0.2) is 17.5 Å². The molecule has 17 heavy (non-hydrogen) atoms. The summed E-state index contributed by atoms with van der Waals surface area (Å²) >= 11 is 5.29. The van der Waals surface area contributed by atoms with Gasteiger partial charge in [0.1, 0.15) is 10.7 Å². The fourth-order valence-corrected chi connectivity index (χ4v) is 2.40. The molecule has 0 fully saturated rings. The van der Waals surface area contributed by atoms with Crippen LogP contribution < -0.4 is 4.72 Å². The summed E-state index contributed by atoms with van der Waals surface area (Å²) in [6.45, 7) is -0.0912. The number of benzene rings is 1. The summed E-state index contributed by atoms with van der Waals surface area (Å²) in [5, 5.41) is 10.5. The zero-order valence-corrected chi connectivity index (χ0v) is 9.96. The number of rotatable bonds is 5. The Hall–Kier alpha value is -1.25. The summed E-state index contributed by atoms with van der Waals surface area (Å²) in [6.07, 6.45) is 0. The van der Waals surface area contributed by atoms with Crippen molar-refractivity contribution in [1.29, 1.82) is 0 Å². The van der Waals surface area contributed by atoms with Crippen molar-refractivity contribution in [3.05, 3.63) is 34.1 Å². The second-order valence-corrected chi connectivity index (χ2v) is 5.07. The average molecular weight is 283 g/mol. The predicted octanol–water partition coefficient (Wildman–Crippen LogP) is 1.25. The third-order valence-corrected chi connectivity index (χ3v) is 3.47. The molecule has 1 rings (SSSR count). The Kier molecular flexibility index (Phi) is 4.38. The van der Waals surface area contributed by atoms with Crippen LogP contribution in [0.2, 0.25) is 0 Å². The zero-order chi connectivity index (χ0) is 13.1. The number of sulfonamides is 1. The SMILES string of the molecule is O=[N+]([O-])c1ccc(F)c(S(=O)(=O)NCCCl)c1. The highest BCUT2D eigenvalue weighted by atomic mass is 35.5. The van der Waals surface area contributed by atoms with Gasteiger partial charge in [0, 0.05) is 24.6 Å². The first-order valence-corrected chi connectivity index (χ1v) is 6.40. The van der Waals surface area contributed by atoms with Crippen molar-refractivity contribution in [2.24, 2.45) is 0 Å². The summed E-state index contributed by atoms with van der Waals surface area (Å²) in [4.78, 5) is 8.88. The lowest BCUT2D eigenvalue weighted by atomic mass is 10.3. The Morgan fingerprint density at radius 1 is 1.47 bits per heavy atom. The molecule has 0 saturated carbocycles. The fraction of sp³-hybridized carbons (Fsp3) is 0.250. The van der Waals surface area contributed by atoms with Gasteiger partial charge in [-0.15, -0.1) is 11.6 Å². The van der Waals surface area contributed by atoms with Crippen LogP contribution >= 0.6 is 11.6 Å². The summed E-state index contributed by atoms with van der Waals surface area (Å²) in [6, 6.07) is 2.27. The molecule has 0 unspecified atom stereocenters. The summed E-state index contributed by atoms with van der Waals surface area (Å²) in [7, 11) is -4.12. The number of nitro benzene ring substituents is 1. The average Bonchev–Trinajstić information content (AvgIpc) is 2.26. The van der Waals surface area contributed by atoms with E-state index in [4.69, 9.17) is 11.6 Å². The summed E-state index contributed by atoms with van der Waals surface area (Å²) < 4.78 is 38.4. The molecule has 0 radical (unpaired) electrons. The molecule has 9 heteroatoms. The molecule has 6 nitrogen and oxygen atoms in total. The Balaban J connectivity index is 3.20. The summed E-state index contributed by atoms with van der Waals surface area (Å²) in [5.74, 6) is -1.05. The van der Waals surface area contributed by atoms with E-state index in [-0.39, 0.29) is 12.4 Å². The van der Waals surface area contributed by atoms with E-state index in [1.54, 1.807) is 0 Å². The minimum atomic E-state index is -4.12. The number of nitrogens with one attached hydrogen (secondary N) is 1. The van der Waals surface area contributed by atoms with E-state index in [9.17, 15) is 22.9 Å². The van der Waals surface area contributed by atoms with Gasteiger partial charge in [-0.05, 0) is 6.07 Å². The number of non-ortho nitro benzene ring substituents is 1. The molecule has 0 aromatic heterocycles. The van der Waals surface area contributed by atoms with Gasteiger partial charge < -0.3 is 0 Å². The topological polar surface area (TPSA) is 89.3 Å².